The zero-order valence-corrected chi connectivity index (χ0v) is 15.1. The van der Waals surface area contributed by atoms with Crippen molar-refractivity contribution in [3.8, 4) is 0 Å². The van der Waals surface area contributed by atoms with Gasteiger partial charge in [-0.05, 0) is 12.8 Å². The zero-order chi connectivity index (χ0) is 17.4. The van der Waals surface area contributed by atoms with Crippen LogP contribution in [-0.2, 0) is 29.0 Å². The van der Waals surface area contributed by atoms with Gasteiger partial charge in [0.05, 0.1) is 38.8 Å². The normalized spacial score (nSPS) is 21.1. The van der Waals surface area contributed by atoms with Crippen LogP contribution in [0.2, 0.25) is 0 Å². The summed E-state index contributed by atoms with van der Waals surface area (Å²) in [6, 6.07) is 0. The number of piperidine rings is 1. The fourth-order valence-corrected chi connectivity index (χ4v) is 4.31. The van der Waals surface area contributed by atoms with E-state index in [-0.39, 0.29) is 24.2 Å². The van der Waals surface area contributed by atoms with Gasteiger partial charge >= 0.3 is 0 Å². The maximum absolute atomic E-state index is 12.5. The molecule has 0 spiro atoms. The standard InChI is InChI=1S/C15H28N2O6S/c1-21-10-11-23-12-13-24(19,20)17-4-2-14(3-5-17)15(18)16-6-8-22-9-7-16/h14H,2-13H2,1H3. The number of rotatable bonds is 8. The summed E-state index contributed by atoms with van der Waals surface area (Å²) in [4.78, 5) is 14.3. The molecule has 1 amide bonds. The lowest BCUT2D eigenvalue weighted by Crippen LogP contribution is -2.48. The van der Waals surface area contributed by atoms with Gasteiger partial charge in [0.15, 0.2) is 0 Å². The van der Waals surface area contributed by atoms with Crippen molar-refractivity contribution >= 4 is 15.9 Å². The summed E-state index contributed by atoms with van der Waals surface area (Å²) in [7, 11) is -1.75. The number of nitrogens with zero attached hydrogens (tertiary/aromatic N) is 2. The van der Waals surface area contributed by atoms with Crippen LogP contribution in [0.25, 0.3) is 0 Å². The minimum absolute atomic E-state index is 0.0290. The Morgan fingerprint density at radius 1 is 1.08 bits per heavy atom. The van der Waals surface area contributed by atoms with Crippen molar-refractivity contribution in [2.75, 3.05) is 72.1 Å². The summed E-state index contributed by atoms with van der Waals surface area (Å²) in [6.07, 6.45) is 1.17. The summed E-state index contributed by atoms with van der Waals surface area (Å²) in [6.45, 7) is 4.26. The van der Waals surface area contributed by atoms with Crippen LogP contribution >= 0.6 is 0 Å². The summed E-state index contributed by atoms with van der Waals surface area (Å²) >= 11 is 0. The second kappa shape index (κ2) is 9.67. The first-order valence-electron chi connectivity index (χ1n) is 8.45. The molecule has 2 aliphatic rings. The Balaban J connectivity index is 1.73. The highest BCUT2D eigenvalue weighted by molar-refractivity contribution is 7.89. The molecular formula is C15H28N2O6S. The molecule has 2 heterocycles. The summed E-state index contributed by atoms with van der Waals surface area (Å²) in [5.41, 5.74) is 0. The average Bonchev–Trinajstić information content (AvgIpc) is 2.62. The number of carbonyl (C=O) groups is 1. The van der Waals surface area contributed by atoms with Crippen molar-refractivity contribution in [3.63, 3.8) is 0 Å². The van der Waals surface area contributed by atoms with Gasteiger partial charge < -0.3 is 19.1 Å². The summed E-state index contributed by atoms with van der Waals surface area (Å²) < 4.78 is 41.4. The van der Waals surface area contributed by atoms with E-state index in [1.54, 1.807) is 7.11 Å². The molecular weight excluding hydrogens is 336 g/mol. The Labute approximate surface area is 144 Å². The molecule has 2 rings (SSSR count). The number of sulfonamides is 1. The molecule has 0 atom stereocenters. The number of carbonyl (C=O) groups excluding carboxylic acids is 1. The minimum Gasteiger partial charge on any atom is -0.382 e. The fourth-order valence-electron chi connectivity index (χ4n) is 2.96. The average molecular weight is 364 g/mol. The van der Waals surface area contributed by atoms with Crippen LogP contribution in [-0.4, -0.2) is 95.6 Å². The Bertz CT molecular complexity index is 484. The van der Waals surface area contributed by atoms with E-state index in [1.807, 2.05) is 4.90 Å². The predicted octanol–water partition coefficient (Wildman–Crippen LogP) is -0.450. The molecule has 9 heteroatoms. The van der Waals surface area contributed by atoms with Crippen molar-refractivity contribution in [2.45, 2.75) is 12.8 Å². The van der Waals surface area contributed by atoms with E-state index >= 15 is 0 Å². The zero-order valence-electron chi connectivity index (χ0n) is 14.3. The Kier molecular flexibility index (Phi) is 7.89. The highest BCUT2D eigenvalue weighted by atomic mass is 32.2. The molecule has 2 saturated heterocycles. The van der Waals surface area contributed by atoms with Gasteiger partial charge in [-0.3, -0.25) is 4.79 Å². The van der Waals surface area contributed by atoms with Gasteiger partial charge in [-0.2, -0.15) is 0 Å². The molecule has 0 saturated carbocycles. The van der Waals surface area contributed by atoms with E-state index in [4.69, 9.17) is 14.2 Å². The molecule has 0 radical (unpaired) electrons. The van der Waals surface area contributed by atoms with E-state index in [1.165, 1.54) is 4.31 Å². The maximum Gasteiger partial charge on any atom is 0.225 e. The molecule has 2 aliphatic heterocycles. The lowest BCUT2D eigenvalue weighted by atomic mass is 9.96. The highest BCUT2D eigenvalue weighted by Gasteiger charge is 2.33. The molecule has 0 aromatic heterocycles. The Hall–Kier alpha value is -0.740. The number of amides is 1. The molecule has 0 N–H and O–H groups in total. The fraction of sp³-hybridized carbons (Fsp3) is 0.933. The number of methoxy groups -OCH3 is 1. The van der Waals surface area contributed by atoms with Crippen LogP contribution < -0.4 is 0 Å². The summed E-state index contributed by atoms with van der Waals surface area (Å²) in [5, 5.41) is 0. The third-order valence-electron chi connectivity index (χ3n) is 4.44. The van der Waals surface area contributed by atoms with Gasteiger partial charge in [-0.15, -0.1) is 0 Å². The van der Waals surface area contributed by atoms with E-state index in [0.717, 1.165) is 0 Å². The smallest absolute Gasteiger partial charge is 0.225 e. The van der Waals surface area contributed by atoms with Crippen molar-refractivity contribution < 1.29 is 27.4 Å². The third-order valence-corrected chi connectivity index (χ3v) is 6.27. The third kappa shape index (κ3) is 5.66. The van der Waals surface area contributed by atoms with Crippen LogP contribution in [0.3, 0.4) is 0 Å². The largest absolute Gasteiger partial charge is 0.382 e. The van der Waals surface area contributed by atoms with E-state index in [0.29, 0.717) is 65.4 Å². The van der Waals surface area contributed by atoms with Crippen LogP contribution in [0, 0.1) is 5.92 Å². The minimum atomic E-state index is -3.32. The van der Waals surface area contributed by atoms with Crippen LogP contribution in [0.5, 0.6) is 0 Å². The molecule has 0 aromatic carbocycles. The van der Waals surface area contributed by atoms with Gasteiger partial charge in [-0.1, -0.05) is 0 Å². The second-order valence-corrected chi connectivity index (χ2v) is 8.12. The predicted molar refractivity (Wildman–Crippen MR) is 88.2 cm³/mol. The lowest BCUT2D eigenvalue weighted by Gasteiger charge is -2.35. The molecule has 0 unspecified atom stereocenters. The molecule has 0 aliphatic carbocycles. The quantitative estimate of drug-likeness (QED) is 0.543. The molecule has 8 nitrogen and oxygen atoms in total. The number of morpholine rings is 1. The van der Waals surface area contributed by atoms with Crippen LogP contribution in [0.15, 0.2) is 0 Å². The number of hydrogen-bond acceptors (Lipinski definition) is 6. The van der Waals surface area contributed by atoms with E-state index in [9.17, 15) is 13.2 Å². The first kappa shape index (κ1) is 19.6. The molecule has 24 heavy (non-hydrogen) atoms. The Morgan fingerprint density at radius 2 is 1.75 bits per heavy atom. The molecule has 0 bridgehead atoms. The number of hydrogen-bond donors (Lipinski definition) is 0. The van der Waals surface area contributed by atoms with Gasteiger partial charge in [0, 0.05) is 39.2 Å². The first-order chi connectivity index (χ1) is 11.5. The van der Waals surface area contributed by atoms with Crippen LogP contribution in [0.1, 0.15) is 12.8 Å². The van der Waals surface area contributed by atoms with Gasteiger partial charge in [0.25, 0.3) is 0 Å². The van der Waals surface area contributed by atoms with Gasteiger partial charge in [0.1, 0.15) is 0 Å². The Morgan fingerprint density at radius 3 is 2.38 bits per heavy atom. The summed E-state index contributed by atoms with van der Waals surface area (Å²) in [5.74, 6) is 0.0319. The molecule has 140 valence electrons. The number of ether oxygens (including phenoxy) is 3. The van der Waals surface area contributed by atoms with Crippen LogP contribution in [0.4, 0.5) is 0 Å². The highest BCUT2D eigenvalue weighted by Crippen LogP contribution is 2.22. The van der Waals surface area contributed by atoms with E-state index in [2.05, 4.69) is 0 Å². The SMILES string of the molecule is COCCOCCS(=O)(=O)N1CCC(C(=O)N2CCOCC2)CC1. The monoisotopic (exact) mass is 364 g/mol. The molecule has 0 aromatic rings. The van der Waals surface area contributed by atoms with Crippen molar-refractivity contribution in [1.29, 1.82) is 0 Å². The molecule has 2 fully saturated rings. The second-order valence-electron chi connectivity index (χ2n) is 6.03. The van der Waals surface area contributed by atoms with Gasteiger partial charge in [-0.25, -0.2) is 12.7 Å². The lowest BCUT2D eigenvalue weighted by molar-refractivity contribution is -0.140. The van der Waals surface area contributed by atoms with E-state index < -0.39 is 10.0 Å². The van der Waals surface area contributed by atoms with Crippen molar-refractivity contribution in [1.82, 2.24) is 9.21 Å². The van der Waals surface area contributed by atoms with Gasteiger partial charge in [0.2, 0.25) is 15.9 Å². The maximum atomic E-state index is 12.5. The first-order valence-corrected chi connectivity index (χ1v) is 10.1. The van der Waals surface area contributed by atoms with Crippen molar-refractivity contribution in [3.05, 3.63) is 0 Å². The van der Waals surface area contributed by atoms with Crippen molar-refractivity contribution in [2.24, 2.45) is 5.92 Å². The topological polar surface area (TPSA) is 85.4 Å².